The van der Waals surface area contributed by atoms with Crippen molar-refractivity contribution in [2.24, 2.45) is 0 Å². The topological polar surface area (TPSA) is 46.9 Å². The molecule has 1 N–H and O–H groups in total. The van der Waals surface area contributed by atoms with E-state index in [0.717, 1.165) is 23.0 Å². The van der Waals surface area contributed by atoms with Crippen LogP contribution in [0.5, 0.6) is 0 Å². The third-order valence-corrected chi connectivity index (χ3v) is 4.21. The maximum Gasteiger partial charge on any atom is 0.244 e. The Hall–Kier alpha value is -0.840. The predicted octanol–water partition coefficient (Wildman–Crippen LogP) is 2.57. The molecule has 0 bridgehead atoms. The Morgan fingerprint density at radius 3 is 2.76 bits per heavy atom. The molecule has 1 aromatic rings. The normalized spacial score (nSPS) is 18.3. The molecule has 0 radical (unpaired) electrons. The summed E-state index contributed by atoms with van der Waals surface area (Å²) in [4.78, 5) is 12.1. The number of amides is 1. The van der Waals surface area contributed by atoms with Crippen molar-refractivity contribution in [3.05, 3.63) is 16.4 Å². The Balaban J connectivity index is 2.01. The van der Waals surface area contributed by atoms with E-state index in [4.69, 9.17) is 0 Å². The molecule has 2 rings (SSSR count). The van der Waals surface area contributed by atoms with E-state index >= 15 is 0 Å². The van der Waals surface area contributed by atoms with Crippen LogP contribution in [0.1, 0.15) is 44.3 Å². The lowest BCUT2D eigenvalue weighted by atomic mass is 10.2. The van der Waals surface area contributed by atoms with Crippen LogP contribution in [-0.4, -0.2) is 21.7 Å². The molecule has 17 heavy (non-hydrogen) atoms. The molecule has 1 amide bonds. The Morgan fingerprint density at radius 1 is 1.59 bits per heavy atom. The number of rotatable bonds is 3. The summed E-state index contributed by atoms with van der Waals surface area (Å²) in [6.07, 6.45) is 6.41. The first-order valence-corrected chi connectivity index (χ1v) is 6.89. The molecule has 1 atom stereocenters. The standard InChI is InChI=1S/C12H18BrN3O/c1-8-11(13)7-14-16(8)9(2)12(17)15-10-5-3-4-6-10/h7,9-10H,3-6H2,1-2H3,(H,15,17). The number of aromatic nitrogens is 2. The van der Waals surface area contributed by atoms with Crippen molar-refractivity contribution >= 4 is 21.8 Å². The van der Waals surface area contributed by atoms with Crippen LogP contribution in [-0.2, 0) is 4.79 Å². The summed E-state index contributed by atoms with van der Waals surface area (Å²) >= 11 is 3.41. The predicted molar refractivity (Wildman–Crippen MR) is 69.8 cm³/mol. The van der Waals surface area contributed by atoms with Crippen LogP contribution in [0.25, 0.3) is 0 Å². The zero-order chi connectivity index (χ0) is 12.4. The number of nitrogens with one attached hydrogen (secondary N) is 1. The Morgan fingerprint density at radius 2 is 2.24 bits per heavy atom. The van der Waals surface area contributed by atoms with Gasteiger partial charge in [0.25, 0.3) is 0 Å². The van der Waals surface area contributed by atoms with Crippen molar-refractivity contribution in [3.63, 3.8) is 0 Å². The Labute approximate surface area is 110 Å². The fourth-order valence-corrected chi connectivity index (χ4v) is 2.57. The molecular formula is C12H18BrN3O. The highest BCUT2D eigenvalue weighted by Crippen LogP contribution is 2.21. The van der Waals surface area contributed by atoms with E-state index in [2.05, 4.69) is 26.3 Å². The number of hydrogen-bond acceptors (Lipinski definition) is 2. The van der Waals surface area contributed by atoms with Gasteiger partial charge >= 0.3 is 0 Å². The molecule has 94 valence electrons. The SMILES string of the molecule is Cc1c(Br)cnn1C(C)C(=O)NC1CCCC1. The monoisotopic (exact) mass is 299 g/mol. The number of halogens is 1. The minimum atomic E-state index is -0.248. The third kappa shape index (κ3) is 2.70. The van der Waals surface area contributed by atoms with Crippen molar-refractivity contribution in [1.29, 1.82) is 0 Å². The van der Waals surface area contributed by atoms with Crippen molar-refractivity contribution < 1.29 is 4.79 Å². The van der Waals surface area contributed by atoms with Crippen LogP contribution >= 0.6 is 15.9 Å². The summed E-state index contributed by atoms with van der Waals surface area (Å²) in [7, 11) is 0. The fraction of sp³-hybridized carbons (Fsp3) is 0.667. The van der Waals surface area contributed by atoms with Crippen molar-refractivity contribution in [3.8, 4) is 0 Å². The molecule has 1 saturated carbocycles. The Bertz CT molecular complexity index is 410. The van der Waals surface area contributed by atoms with Crippen LogP contribution in [0.3, 0.4) is 0 Å². The fourth-order valence-electron chi connectivity index (χ4n) is 2.30. The molecule has 0 aliphatic heterocycles. The minimum Gasteiger partial charge on any atom is -0.352 e. The zero-order valence-corrected chi connectivity index (χ0v) is 11.8. The van der Waals surface area contributed by atoms with E-state index in [9.17, 15) is 4.79 Å². The lowest BCUT2D eigenvalue weighted by molar-refractivity contribution is -0.124. The zero-order valence-electron chi connectivity index (χ0n) is 10.2. The molecule has 1 fully saturated rings. The van der Waals surface area contributed by atoms with Gasteiger partial charge in [-0.25, -0.2) is 0 Å². The maximum absolute atomic E-state index is 12.1. The summed E-state index contributed by atoms with van der Waals surface area (Å²) in [6.45, 7) is 3.84. The third-order valence-electron chi connectivity index (χ3n) is 3.43. The summed E-state index contributed by atoms with van der Waals surface area (Å²) in [6, 6.07) is 0.117. The lowest BCUT2D eigenvalue weighted by Crippen LogP contribution is -2.37. The van der Waals surface area contributed by atoms with Crippen molar-refractivity contribution in [2.45, 2.75) is 51.6 Å². The number of hydrogen-bond donors (Lipinski definition) is 1. The van der Waals surface area contributed by atoms with E-state index in [1.165, 1.54) is 12.8 Å². The summed E-state index contributed by atoms with van der Waals surface area (Å²) in [5.41, 5.74) is 0.985. The van der Waals surface area contributed by atoms with Gasteiger partial charge in [0, 0.05) is 6.04 Å². The van der Waals surface area contributed by atoms with Crippen LogP contribution in [0, 0.1) is 6.92 Å². The smallest absolute Gasteiger partial charge is 0.244 e. The minimum absolute atomic E-state index is 0.0654. The second-order valence-corrected chi connectivity index (χ2v) is 5.54. The molecule has 0 spiro atoms. The van der Waals surface area contributed by atoms with Gasteiger partial charge in [-0.05, 0) is 42.6 Å². The molecule has 0 aromatic carbocycles. The van der Waals surface area contributed by atoms with Gasteiger partial charge in [0.1, 0.15) is 6.04 Å². The average Bonchev–Trinajstić information content (AvgIpc) is 2.90. The van der Waals surface area contributed by atoms with E-state index in [1.807, 2.05) is 13.8 Å². The van der Waals surface area contributed by atoms with E-state index in [0.29, 0.717) is 6.04 Å². The molecule has 1 heterocycles. The van der Waals surface area contributed by atoms with E-state index < -0.39 is 0 Å². The van der Waals surface area contributed by atoms with E-state index in [1.54, 1.807) is 10.9 Å². The summed E-state index contributed by atoms with van der Waals surface area (Å²) in [5, 5.41) is 7.32. The second-order valence-electron chi connectivity index (χ2n) is 4.69. The van der Waals surface area contributed by atoms with Gasteiger partial charge in [-0.15, -0.1) is 0 Å². The second kappa shape index (κ2) is 5.21. The number of carbonyl (C=O) groups is 1. The average molecular weight is 300 g/mol. The van der Waals surface area contributed by atoms with Crippen molar-refractivity contribution in [2.75, 3.05) is 0 Å². The van der Waals surface area contributed by atoms with Gasteiger partial charge in [-0.2, -0.15) is 5.10 Å². The van der Waals surface area contributed by atoms with Gasteiger partial charge in [0.2, 0.25) is 5.91 Å². The van der Waals surface area contributed by atoms with Crippen LogP contribution in [0.4, 0.5) is 0 Å². The molecule has 4 nitrogen and oxygen atoms in total. The van der Waals surface area contributed by atoms with E-state index in [-0.39, 0.29) is 11.9 Å². The maximum atomic E-state index is 12.1. The van der Waals surface area contributed by atoms with Crippen LogP contribution < -0.4 is 5.32 Å². The highest BCUT2D eigenvalue weighted by Gasteiger charge is 2.23. The molecule has 0 saturated heterocycles. The van der Waals surface area contributed by atoms with Gasteiger partial charge in [-0.1, -0.05) is 12.8 Å². The van der Waals surface area contributed by atoms with Gasteiger partial charge in [0.15, 0.2) is 0 Å². The lowest BCUT2D eigenvalue weighted by Gasteiger charge is -2.18. The first-order valence-electron chi connectivity index (χ1n) is 6.09. The largest absolute Gasteiger partial charge is 0.352 e. The quantitative estimate of drug-likeness (QED) is 0.932. The molecule has 1 aliphatic carbocycles. The highest BCUT2D eigenvalue weighted by atomic mass is 79.9. The van der Waals surface area contributed by atoms with Crippen LogP contribution in [0.15, 0.2) is 10.7 Å². The first-order chi connectivity index (χ1) is 8.09. The number of nitrogens with zero attached hydrogens (tertiary/aromatic N) is 2. The van der Waals surface area contributed by atoms with Crippen LogP contribution in [0.2, 0.25) is 0 Å². The van der Waals surface area contributed by atoms with Gasteiger partial charge < -0.3 is 5.32 Å². The summed E-state index contributed by atoms with van der Waals surface area (Å²) < 4.78 is 2.70. The van der Waals surface area contributed by atoms with Crippen molar-refractivity contribution in [1.82, 2.24) is 15.1 Å². The molecule has 1 unspecified atom stereocenters. The molecule has 5 heteroatoms. The van der Waals surface area contributed by atoms with Gasteiger partial charge in [0.05, 0.1) is 16.4 Å². The molecule has 1 aromatic heterocycles. The first kappa shape index (κ1) is 12.6. The highest BCUT2D eigenvalue weighted by molar-refractivity contribution is 9.10. The number of carbonyl (C=O) groups excluding carboxylic acids is 1. The molecular weight excluding hydrogens is 282 g/mol. The van der Waals surface area contributed by atoms with Gasteiger partial charge in [-0.3, -0.25) is 9.48 Å². The summed E-state index contributed by atoms with van der Waals surface area (Å²) in [5.74, 6) is 0.0654. The molecule has 1 aliphatic rings. The Kier molecular flexibility index (Phi) is 3.86.